The van der Waals surface area contributed by atoms with E-state index in [4.69, 9.17) is 0 Å². The lowest BCUT2D eigenvalue weighted by Crippen LogP contribution is -2.23. The molecule has 0 fully saturated rings. The summed E-state index contributed by atoms with van der Waals surface area (Å²) in [6.45, 7) is 0. The Balaban J connectivity index is 2.55. The predicted molar refractivity (Wildman–Crippen MR) is 80.2 cm³/mol. The van der Waals surface area contributed by atoms with Crippen LogP contribution in [0, 0.1) is 15.9 Å². The van der Waals surface area contributed by atoms with Crippen molar-refractivity contribution >= 4 is 21.6 Å². The summed E-state index contributed by atoms with van der Waals surface area (Å²) in [4.78, 5) is 9.99. The van der Waals surface area contributed by atoms with Crippen molar-refractivity contribution in [3.63, 3.8) is 0 Å². The fraction of sp³-hybridized carbons (Fsp3) is 0.0769. The van der Waals surface area contributed by atoms with Crippen LogP contribution in [-0.4, -0.2) is 13.3 Å². The van der Waals surface area contributed by atoms with Gasteiger partial charge >= 0.3 is 6.18 Å². The third-order valence-electron chi connectivity index (χ3n) is 3.06. The smallest absolute Gasteiger partial charge is 0.262 e. The molecule has 0 bridgehead atoms. The van der Waals surface area contributed by atoms with E-state index < -0.39 is 44.1 Å². The molecular weight excluding hydrogens is 370 g/mol. The van der Waals surface area contributed by atoms with Gasteiger partial charge in [0.15, 0.2) is 11.5 Å². The third kappa shape index (κ3) is 4.42. The first-order chi connectivity index (χ1) is 11.4. The third-order valence-corrected chi connectivity index (χ3v) is 3.54. The van der Waals surface area contributed by atoms with Gasteiger partial charge in [-0.3, -0.25) is 14.8 Å². The zero-order valence-electron chi connectivity index (χ0n) is 12.0. The van der Waals surface area contributed by atoms with Crippen LogP contribution >= 0.6 is 0 Å². The van der Waals surface area contributed by atoms with Gasteiger partial charge in [0.1, 0.15) is 0 Å². The van der Waals surface area contributed by atoms with Crippen LogP contribution in [-0.2, 0) is 16.4 Å². The summed E-state index contributed by atoms with van der Waals surface area (Å²) >= 11 is 0. The first kappa shape index (κ1) is 18.6. The number of alkyl halides is 3. The van der Waals surface area contributed by atoms with Crippen LogP contribution in [0.4, 0.5) is 28.9 Å². The number of rotatable bonds is 4. The molecule has 0 amide bonds. The van der Waals surface area contributed by atoms with Crippen molar-refractivity contribution < 1.29 is 30.9 Å². The average Bonchev–Trinajstić information content (AvgIpc) is 2.46. The van der Waals surface area contributed by atoms with Gasteiger partial charge < -0.3 is 0 Å². The molecule has 2 rings (SSSR count). The zero-order valence-corrected chi connectivity index (χ0v) is 12.9. The van der Waals surface area contributed by atoms with Crippen LogP contribution in [0.15, 0.2) is 36.4 Å². The molecule has 2 aromatic carbocycles. The van der Waals surface area contributed by atoms with Crippen LogP contribution < -0.4 is 9.86 Å². The Morgan fingerprint density at radius 2 is 1.64 bits per heavy atom. The second-order valence-corrected chi connectivity index (χ2v) is 6.13. The van der Waals surface area contributed by atoms with Gasteiger partial charge in [0.05, 0.1) is 10.5 Å². The zero-order chi connectivity index (χ0) is 19.0. The predicted octanol–water partition coefficient (Wildman–Crippen LogP) is 3.04. The number of nitrogens with two attached hydrogens (primary N) is 1. The molecule has 0 saturated carbocycles. The second-order valence-electron chi connectivity index (χ2n) is 4.83. The molecule has 0 aromatic heterocycles. The number of nitrogens with one attached hydrogen (secondary N) is 1. The minimum absolute atomic E-state index is 0.0668. The average molecular weight is 379 g/mol. The van der Waals surface area contributed by atoms with Gasteiger partial charge in [0.25, 0.3) is 15.9 Å². The normalized spacial score (nSPS) is 12.0. The fourth-order valence-electron chi connectivity index (χ4n) is 2.00. The second kappa shape index (κ2) is 6.29. The summed E-state index contributed by atoms with van der Waals surface area (Å²) < 4.78 is 75.2. The highest BCUT2D eigenvalue weighted by Crippen LogP contribution is 2.35. The largest absolute Gasteiger partial charge is 0.416 e. The molecule has 0 heterocycles. The number of nitro groups is 1. The Bertz CT molecular complexity index is 928. The van der Waals surface area contributed by atoms with E-state index in [0.717, 1.165) is 36.4 Å². The van der Waals surface area contributed by atoms with E-state index in [1.807, 2.05) is 0 Å². The number of halogens is 4. The van der Waals surface area contributed by atoms with E-state index in [2.05, 4.69) is 5.14 Å². The van der Waals surface area contributed by atoms with Crippen LogP contribution in [0.3, 0.4) is 0 Å². The molecule has 2 aromatic rings. The maximum Gasteiger partial charge on any atom is 0.416 e. The minimum atomic E-state index is -4.57. The Labute approximate surface area is 138 Å². The molecule has 0 aliphatic carbocycles. The van der Waals surface area contributed by atoms with Crippen molar-refractivity contribution in [3.8, 4) is 11.1 Å². The lowest BCUT2D eigenvalue weighted by Gasteiger charge is -2.10. The molecule has 0 atom stereocenters. The Kier molecular flexibility index (Phi) is 4.68. The molecule has 0 aliphatic heterocycles. The number of anilines is 1. The first-order valence-corrected chi connectivity index (χ1v) is 7.89. The van der Waals surface area contributed by atoms with Crippen LogP contribution in [0.2, 0.25) is 0 Å². The van der Waals surface area contributed by atoms with Gasteiger partial charge in [-0.05, 0) is 29.3 Å². The molecule has 0 aliphatic rings. The molecule has 12 heteroatoms. The maximum absolute atomic E-state index is 14.1. The summed E-state index contributed by atoms with van der Waals surface area (Å²) in [5.41, 5.74) is -2.90. The van der Waals surface area contributed by atoms with Gasteiger partial charge in [0, 0.05) is 6.07 Å². The van der Waals surface area contributed by atoms with Gasteiger partial charge in [-0.15, -0.1) is 0 Å². The van der Waals surface area contributed by atoms with Crippen LogP contribution in [0.5, 0.6) is 0 Å². The maximum atomic E-state index is 14.1. The van der Waals surface area contributed by atoms with Crippen molar-refractivity contribution in [3.05, 3.63) is 57.9 Å². The SMILES string of the molecule is NS(=O)(=O)Nc1c(F)cc(-c2ccc(C(F)(F)F)cc2)cc1[N+](=O)[O-]. The van der Waals surface area contributed by atoms with E-state index in [0.29, 0.717) is 0 Å². The summed E-state index contributed by atoms with van der Waals surface area (Å²) in [6.07, 6.45) is -4.57. The fourth-order valence-corrected chi connectivity index (χ4v) is 2.48. The summed E-state index contributed by atoms with van der Waals surface area (Å²) in [6, 6.07) is 5.04. The highest BCUT2D eigenvalue weighted by atomic mass is 32.2. The molecule has 0 radical (unpaired) electrons. The Hall–Kier alpha value is -2.73. The number of benzene rings is 2. The lowest BCUT2D eigenvalue weighted by molar-refractivity contribution is -0.384. The van der Waals surface area contributed by atoms with Crippen molar-refractivity contribution in [1.82, 2.24) is 0 Å². The Morgan fingerprint density at radius 3 is 2.08 bits per heavy atom. The van der Waals surface area contributed by atoms with Crippen molar-refractivity contribution in [2.75, 3.05) is 4.72 Å². The first-order valence-electron chi connectivity index (χ1n) is 6.34. The standard InChI is InChI=1S/C13H9F4N3O4S/c14-10-5-8(7-1-3-9(4-2-7)13(15,16)17)6-11(20(21)22)12(10)19-25(18,23)24/h1-6,19H,(H2,18,23,24). The van der Waals surface area contributed by atoms with E-state index in [9.17, 15) is 36.1 Å². The topological polar surface area (TPSA) is 115 Å². The molecule has 0 spiro atoms. The van der Waals surface area contributed by atoms with E-state index in [1.165, 1.54) is 4.72 Å². The monoisotopic (exact) mass is 379 g/mol. The van der Waals surface area contributed by atoms with E-state index in [1.54, 1.807) is 0 Å². The van der Waals surface area contributed by atoms with Crippen molar-refractivity contribution in [2.45, 2.75) is 6.18 Å². The molecule has 25 heavy (non-hydrogen) atoms. The van der Waals surface area contributed by atoms with Gasteiger partial charge in [-0.1, -0.05) is 12.1 Å². The molecule has 134 valence electrons. The summed E-state index contributed by atoms with van der Waals surface area (Å²) in [5, 5.41) is 15.7. The molecular formula is C13H9F4N3O4S. The van der Waals surface area contributed by atoms with Gasteiger partial charge in [0.2, 0.25) is 0 Å². The van der Waals surface area contributed by atoms with Crippen LogP contribution in [0.1, 0.15) is 5.56 Å². The Morgan fingerprint density at radius 1 is 1.08 bits per heavy atom. The molecule has 0 saturated heterocycles. The highest BCUT2D eigenvalue weighted by Gasteiger charge is 2.30. The summed E-state index contributed by atoms with van der Waals surface area (Å²) in [5.74, 6) is -1.31. The number of nitro benzene ring substituents is 1. The van der Waals surface area contributed by atoms with Gasteiger partial charge in [-0.2, -0.15) is 21.6 Å². The van der Waals surface area contributed by atoms with E-state index >= 15 is 0 Å². The quantitative estimate of drug-likeness (QED) is 0.483. The molecule has 3 N–H and O–H groups in total. The lowest BCUT2D eigenvalue weighted by atomic mass is 10.0. The van der Waals surface area contributed by atoms with Crippen molar-refractivity contribution in [1.29, 1.82) is 0 Å². The number of hydrogen-bond acceptors (Lipinski definition) is 4. The van der Waals surface area contributed by atoms with Crippen molar-refractivity contribution in [2.24, 2.45) is 5.14 Å². The highest BCUT2D eigenvalue weighted by molar-refractivity contribution is 7.90. The minimum Gasteiger partial charge on any atom is -0.262 e. The number of hydrogen-bond donors (Lipinski definition) is 2. The molecule has 0 unspecified atom stereocenters. The van der Waals surface area contributed by atoms with Crippen LogP contribution in [0.25, 0.3) is 11.1 Å². The van der Waals surface area contributed by atoms with Gasteiger partial charge in [-0.25, -0.2) is 9.53 Å². The summed E-state index contributed by atoms with van der Waals surface area (Å²) in [7, 11) is -4.47. The number of nitrogens with zero attached hydrogens (tertiary/aromatic N) is 1. The van der Waals surface area contributed by atoms with E-state index in [-0.39, 0.29) is 11.1 Å². The molecule has 7 nitrogen and oxygen atoms in total.